The number of nitrogens with one attached hydrogen (secondary N) is 1. The molecule has 0 fully saturated rings. The van der Waals surface area contributed by atoms with Crippen LogP contribution < -0.4 is 5.32 Å². The Bertz CT molecular complexity index is 432. The maximum Gasteiger partial charge on any atom is 0.409 e. The third kappa shape index (κ3) is 6.10. The molecular weight excluding hydrogens is 246 g/mol. The fourth-order valence-corrected chi connectivity index (χ4v) is 1.58. The molecule has 1 amide bonds. The van der Waals surface area contributed by atoms with E-state index in [4.69, 9.17) is 4.74 Å². The molecule has 106 valence electrons. The van der Waals surface area contributed by atoms with E-state index in [0.29, 0.717) is 0 Å². The second kappa shape index (κ2) is 5.48. The van der Waals surface area contributed by atoms with Crippen LogP contribution in [0.1, 0.15) is 33.3 Å². The molecule has 1 rings (SSSR count). The lowest BCUT2D eigenvalue weighted by Crippen LogP contribution is -2.49. The van der Waals surface area contributed by atoms with Gasteiger partial charge in [0.15, 0.2) is 0 Å². The standard InChI is InChI=1S/C14H21NO4/c1-13(2,3)19-12(17)15-14(4,18)9-10-5-7-11(16)8-6-10/h5-8,16,18H,9H2,1-4H3,(H,15,17)/t14-/m1/s1. The number of hydrogen-bond acceptors (Lipinski definition) is 4. The highest BCUT2D eigenvalue weighted by atomic mass is 16.6. The van der Waals surface area contributed by atoms with Gasteiger partial charge in [-0.05, 0) is 45.4 Å². The Kier molecular flexibility index (Phi) is 4.42. The minimum Gasteiger partial charge on any atom is -0.508 e. The molecular formula is C14H21NO4. The number of phenols is 1. The smallest absolute Gasteiger partial charge is 0.409 e. The molecule has 0 saturated heterocycles. The summed E-state index contributed by atoms with van der Waals surface area (Å²) >= 11 is 0. The van der Waals surface area contributed by atoms with Gasteiger partial charge in [-0.15, -0.1) is 0 Å². The highest BCUT2D eigenvalue weighted by Gasteiger charge is 2.26. The van der Waals surface area contributed by atoms with E-state index in [0.717, 1.165) is 5.56 Å². The number of benzene rings is 1. The van der Waals surface area contributed by atoms with Crippen molar-refractivity contribution >= 4 is 6.09 Å². The summed E-state index contributed by atoms with van der Waals surface area (Å²) in [5, 5.41) is 21.7. The van der Waals surface area contributed by atoms with E-state index in [1.807, 2.05) is 0 Å². The van der Waals surface area contributed by atoms with Crippen molar-refractivity contribution in [2.75, 3.05) is 0 Å². The molecule has 0 spiro atoms. The predicted molar refractivity (Wildman–Crippen MR) is 71.8 cm³/mol. The largest absolute Gasteiger partial charge is 0.508 e. The van der Waals surface area contributed by atoms with Crippen molar-refractivity contribution in [1.82, 2.24) is 5.32 Å². The van der Waals surface area contributed by atoms with Gasteiger partial charge in [0.05, 0.1) is 0 Å². The average molecular weight is 267 g/mol. The first kappa shape index (κ1) is 15.3. The molecule has 0 aliphatic rings. The van der Waals surface area contributed by atoms with Gasteiger partial charge in [0.2, 0.25) is 0 Å². The number of phenolic OH excluding ortho intramolecular Hbond substituents is 1. The number of carbonyl (C=O) groups is 1. The maximum atomic E-state index is 11.6. The molecule has 5 nitrogen and oxygen atoms in total. The van der Waals surface area contributed by atoms with E-state index >= 15 is 0 Å². The van der Waals surface area contributed by atoms with Gasteiger partial charge in [0.25, 0.3) is 0 Å². The van der Waals surface area contributed by atoms with Gasteiger partial charge in [-0.2, -0.15) is 0 Å². The topological polar surface area (TPSA) is 78.8 Å². The SMILES string of the molecule is CC(C)(C)OC(=O)N[C@](C)(O)Cc1ccc(O)cc1. The molecule has 19 heavy (non-hydrogen) atoms. The monoisotopic (exact) mass is 267 g/mol. The molecule has 0 aliphatic carbocycles. The van der Waals surface area contributed by atoms with Crippen molar-refractivity contribution in [2.45, 2.75) is 45.4 Å². The van der Waals surface area contributed by atoms with E-state index < -0.39 is 17.4 Å². The van der Waals surface area contributed by atoms with Gasteiger partial charge in [0, 0.05) is 6.42 Å². The van der Waals surface area contributed by atoms with E-state index in [1.165, 1.54) is 19.1 Å². The Balaban J connectivity index is 2.61. The van der Waals surface area contributed by atoms with Crippen molar-refractivity contribution in [1.29, 1.82) is 0 Å². The summed E-state index contributed by atoms with van der Waals surface area (Å²) in [6.45, 7) is 6.74. The second-order valence-corrected chi connectivity index (χ2v) is 5.74. The van der Waals surface area contributed by atoms with E-state index in [1.54, 1.807) is 32.9 Å². The van der Waals surface area contributed by atoms with Crippen LogP contribution in [0.25, 0.3) is 0 Å². The van der Waals surface area contributed by atoms with Crippen LogP contribution in [-0.2, 0) is 11.2 Å². The van der Waals surface area contributed by atoms with E-state index in [9.17, 15) is 15.0 Å². The number of aromatic hydroxyl groups is 1. The normalized spacial score (nSPS) is 14.6. The molecule has 1 aromatic rings. The second-order valence-electron chi connectivity index (χ2n) is 5.74. The summed E-state index contributed by atoms with van der Waals surface area (Å²) in [5.41, 5.74) is -1.24. The summed E-state index contributed by atoms with van der Waals surface area (Å²) in [7, 11) is 0. The lowest BCUT2D eigenvalue weighted by atomic mass is 10.0. The van der Waals surface area contributed by atoms with Gasteiger partial charge in [-0.3, -0.25) is 5.32 Å². The Morgan fingerprint density at radius 1 is 1.21 bits per heavy atom. The van der Waals surface area contributed by atoms with Crippen molar-refractivity contribution < 1.29 is 19.7 Å². The molecule has 0 aliphatic heterocycles. The quantitative estimate of drug-likeness (QED) is 0.733. The van der Waals surface area contributed by atoms with Crippen LogP contribution in [-0.4, -0.2) is 27.6 Å². The number of amides is 1. The molecule has 0 unspecified atom stereocenters. The van der Waals surface area contributed by atoms with Crippen LogP contribution in [0, 0.1) is 0 Å². The zero-order valence-electron chi connectivity index (χ0n) is 11.7. The predicted octanol–water partition coefficient (Wildman–Crippen LogP) is 2.17. The number of rotatable bonds is 3. The summed E-state index contributed by atoms with van der Waals surface area (Å²) in [4.78, 5) is 11.6. The lowest BCUT2D eigenvalue weighted by molar-refractivity contribution is -0.00210. The highest BCUT2D eigenvalue weighted by Crippen LogP contribution is 2.15. The van der Waals surface area contributed by atoms with Gasteiger partial charge >= 0.3 is 6.09 Å². The third-order valence-corrected chi connectivity index (χ3v) is 2.25. The summed E-state index contributed by atoms with van der Waals surface area (Å²) in [5.74, 6) is 0.156. The Labute approximate surface area is 113 Å². The van der Waals surface area contributed by atoms with Crippen LogP contribution in [0.15, 0.2) is 24.3 Å². The van der Waals surface area contributed by atoms with E-state index in [2.05, 4.69) is 5.32 Å². The van der Waals surface area contributed by atoms with Crippen LogP contribution in [0.5, 0.6) is 5.75 Å². The van der Waals surface area contributed by atoms with Crippen molar-refractivity contribution in [3.63, 3.8) is 0 Å². The Morgan fingerprint density at radius 2 is 1.74 bits per heavy atom. The first-order valence-electron chi connectivity index (χ1n) is 6.09. The van der Waals surface area contributed by atoms with E-state index in [-0.39, 0.29) is 12.2 Å². The minimum absolute atomic E-state index is 0.156. The molecule has 5 heteroatoms. The lowest BCUT2D eigenvalue weighted by Gasteiger charge is -2.27. The fraction of sp³-hybridized carbons (Fsp3) is 0.500. The molecule has 0 heterocycles. The van der Waals surface area contributed by atoms with Gasteiger partial charge < -0.3 is 14.9 Å². The van der Waals surface area contributed by atoms with Gasteiger partial charge in [-0.25, -0.2) is 4.79 Å². The highest BCUT2D eigenvalue weighted by molar-refractivity contribution is 5.68. The number of carbonyl (C=O) groups excluding carboxylic acids is 1. The number of aliphatic hydroxyl groups is 1. The summed E-state index contributed by atoms with van der Waals surface area (Å²) in [6, 6.07) is 6.42. The zero-order valence-corrected chi connectivity index (χ0v) is 11.7. The van der Waals surface area contributed by atoms with Crippen molar-refractivity contribution in [3.8, 4) is 5.75 Å². The van der Waals surface area contributed by atoms with Crippen LogP contribution in [0.2, 0.25) is 0 Å². The summed E-state index contributed by atoms with van der Waals surface area (Å²) < 4.78 is 5.08. The first-order valence-corrected chi connectivity index (χ1v) is 6.09. The van der Waals surface area contributed by atoms with Crippen molar-refractivity contribution in [2.24, 2.45) is 0 Å². The minimum atomic E-state index is -1.42. The zero-order chi connectivity index (χ0) is 14.7. The van der Waals surface area contributed by atoms with Gasteiger partial charge in [0.1, 0.15) is 17.1 Å². The molecule has 0 radical (unpaired) electrons. The van der Waals surface area contributed by atoms with Crippen LogP contribution in [0.4, 0.5) is 4.79 Å². The van der Waals surface area contributed by atoms with Gasteiger partial charge in [-0.1, -0.05) is 12.1 Å². The fourth-order valence-electron chi connectivity index (χ4n) is 1.58. The molecule has 0 aromatic heterocycles. The molecule has 3 N–H and O–H groups in total. The maximum absolute atomic E-state index is 11.6. The number of ether oxygens (including phenoxy) is 1. The molecule has 1 aromatic carbocycles. The van der Waals surface area contributed by atoms with Crippen LogP contribution in [0.3, 0.4) is 0 Å². The first-order chi connectivity index (χ1) is 8.57. The molecule has 0 saturated carbocycles. The average Bonchev–Trinajstić information content (AvgIpc) is 2.17. The number of hydrogen-bond donors (Lipinski definition) is 3. The van der Waals surface area contributed by atoms with Crippen molar-refractivity contribution in [3.05, 3.63) is 29.8 Å². The number of alkyl carbamates (subject to hydrolysis) is 1. The van der Waals surface area contributed by atoms with Crippen LogP contribution >= 0.6 is 0 Å². The molecule has 1 atom stereocenters. The molecule has 0 bridgehead atoms. The Hall–Kier alpha value is -1.75. The summed E-state index contributed by atoms with van der Waals surface area (Å²) in [6.07, 6.45) is -0.455. The Morgan fingerprint density at radius 3 is 2.21 bits per heavy atom. The third-order valence-electron chi connectivity index (χ3n) is 2.25.